The summed E-state index contributed by atoms with van der Waals surface area (Å²) in [5.74, 6) is 0. The summed E-state index contributed by atoms with van der Waals surface area (Å²) in [6.45, 7) is 26.6. The van der Waals surface area contributed by atoms with Gasteiger partial charge in [-0.25, -0.2) is 0 Å². The summed E-state index contributed by atoms with van der Waals surface area (Å²) in [4.78, 5) is 2.53. The average Bonchev–Trinajstić information content (AvgIpc) is 4.38. The minimum atomic E-state index is -0.945. The second-order valence-corrected chi connectivity index (χ2v) is 22.6. The van der Waals surface area contributed by atoms with E-state index in [0.29, 0.717) is 12.1 Å². The number of fused-ring (bicyclic) bond motifs is 1. The molecule has 5 N–H and O–H groups in total. The molecule has 6 aromatic carbocycles. The number of hydrogen-bond donors (Lipinski definition) is 5. The Kier molecular flexibility index (Phi) is 27.4. The van der Waals surface area contributed by atoms with Gasteiger partial charge in [0, 0.05) is 42.5 Å². The third kappa shape index (κ3) is 18.6. The van der Waals surface area contributed by atoms with Crippen LogP contribution >= 0.6 is 0 Å². The van der Waals surface area contributed by atoms with Gasteiger partial charge < -0.3 is 49.4 Å². The van der Waals surface area contributed by atoms with Crippen LogP contribution < -0.4 is 10.6 Å². The first-order chi connectivity index (χ1) is 38.4. The van der Waals surface area contributed by atoms with E-state index in [9.17, 15) is 5.11 Å². The molecule has 0 aromatic heterocycles. The lowest BCUT2D eigenvalue weighted by Gasteiger charge is -2.42. The van der Waals surface area contributed by atoms with Crippen LogP contribution in [0.25, 0.3) is 0 Å². The molecule has 6 aromatic rings. The lowest BCUT2D eigenvalue weighted by Crippen LogP contribution is -2.50. The van der Waals surface area contributed by atoms with Gasteiger partial charge in [-0.1, -0.05) is 196 Å². The van der Waals surface area contributed by atoms with Crippen LogP contribution in [0.2, 0.25) is 27.3 Å². The van der Waals surface area contributed by atoms with Gasteiger partial charge in [0.05, 0.1) is 0 Å². The monoisotopic (exact) mass is 1090 g/mol. The van der Waals surface area contributed by atoms with Crippen LogP contribution in [-0.4, -0.2) is 103 Å². The Morgan fingerprint density at radius 1 is 0.537 bits per heavy atom. The fraction of sp³-hybridized carbons (Fsp3) is 0.463. The molecule has 13 heteroatoms. The standard InChI is InChI=1S/C19H24BNO.C18H20BNO.C17H19NO.C7H17BO2.2C3H8O/c1-20(2)22-19(18-14-9-15-21-18,16-10-5-3-6-11-16)17-12-7-4-8-13-17;1-19-20-14-8-13-17(20)18(21-19,15-9-4-2-5-10-15)16-11-6-3-7-12-16;19-17(16-12-7-13-18-16,14-8-3-1-4-9-14)15-10-5-2-6-11-15;1-6(2)9-8(5)10-7(3)4;2*1-3(2)4/h3-8,10-13,18,21H,9,14-15H2,1-2H3;2-7,9-12,17H,8,13-14H2,1H3;1-6,8-11,16,18-19H,7,12-13H2;6-7H,1-5H3;2*3-4H,1-2H3/t18-;17-;16-;;;/m000.../s1. The van der Waals surface area contributed by atoms with Gasteiger partial charge in [-0.15, -0.1) is 0 Å². The van der Waals surface area contributed by atoms with E-state index in [0.717, 1.165) is 50.0 Å². The molecule has 3 atom stereocenters. The third-order valence-electron chi connectivity index (χ3n) is 14.3. The van der Waals surface area contributed by atoms with Crippen molar-refractivity contribution in [2.75, 3.05) is 19.6 Å². The van der Waals surface area contributed by atoms with E-state index in [-0.39, 0.29) is 57.1 Å². The van der Waals surface area contributed by atoms with Crippen molar-refractivity contribution in [3.8, 4) is 0 Å². The van der Waals surface area contributed by atoms with Crippen molar-refractivity contribution in [3.05, 3.63) is 215 Å². The van der Waals surface area contributed by atoms with E-state index >= 15 is 0 Å². The molecule has 0 radical (unpaired) electrons. The Bertz CT molecular complexity index is 2400. The maximum Gasteiger partial charge on any atom is 0.453 e. The van der Waals surface area contributed by atoms with Gasteiger partial charge in [0.2, 0.25) is 0 Å². The average molecular weight is 1090 g/mol. The van der Waals surface area contributed by atoms with Crippen molar-refractivity contribution in [2.24, 2.45) is 0 Å². The minimum Gasteiger partial charge on any atom is -0.422 e. The van der Waals surface area contributed by atoms with Gasteiger partial charge >= 0.3 is 14.2 Å². The molecule has 4 aliphatic heterocycles. The lowest BCUT2D eigenvalue weighted by molar-refractivity contribution is 0.0442. The Hall–Kier alpha value is -4.89. The van der Waals surface area contributed by atoms with E-state index in [1.54, 1.807) is 27.7 Å². The molecule has 10 rings (SSSR count). The summed E-state index contributed by atoms with van der Waals surface area (Å²) < 4.78 is 23.9. The van der Waals surface area contributed by atoms with Crippen LogP contribution in [0.1, 0.15) is 127 Å². The zero-order valence-electron chi connectivity index (χ0n) is 50.4. The molecule has 4 aliphatic rings. The van der Waals surface area contributed by atoms with Crippen LogP contribution in [0.15, 0.2) is 182 Å². The zero-order valence-corrected chi connectivity index (χ0v) is 50.4. The summed E-state index contributed by atoms with van der Waals surface area (Å²) in [7, 11) is 0.0953. The second kappa shape index (κ2) is 33.3. The summed E-state index contributed by atoms with van der Waals surface area (Å²) in [5.41, 5.74) is 5.24. The molecule has 0 unspecified atom stereocenters. The van der Waals surface area contributed by atoms with Crippen LogP contribution in [0, 0.1) is 0 Å². The Balaban J connectivity index is 0.000000192. The molecule has 80 heavy (non-hydrogen) atoms. The van der Waals surface area contributed by atoms with Gasteiger partial charge in [0.25, 0.3) is 6.92 Å². The van der Waals surface area contributed by atoms with E-state index in [4.69, 9.17) is 28.8 Å². The Labute approximate surface area is 483 Å². The number of hydrogen-bond acceptors (Lipinski definition) is 10. The van der Waals surface area contributed by atoms with E-state index < -0.39 is 11.2 Å². The number of benzene rings is 6. The summed E-state index contributed by atoms with van der Waals surface area (Å²) >= 11 is 0. The predicted octanol–water partition coefficient (Wildman–Crippen LogP) is 12.9. The van der Waals surface area contributed by atoms with Gasteiger partial charge in [-0.2, -0.15) is 0 Å². The highest BCUT2D eigenvalue weighted by atomic mass is 16.6. The highest BCUT2D eigenvalue weighted by molar-refractivity contribution is 6.48. The summed E-state index contributed by atoms with van der Waals surface area (Å²) in [6, 6.07) is 63.5. The van der Waals surface area contributed by atoms with Crippen LogP contribution in [0.5, 0.6) is 0 Å². The quantitative estimate of drug-likeness (QED) is 0.0674. The van der Waals surface area contributed by atoms with Gasteiger partial charge in [0.15, 0.2) is 0 Å². The van der Waals surface area contributed by atoms with E-state index in [2.05, 4.69) is 157 Å². The molecule has 0 aliphatic carbocycles. The van der Waals surface area contributed by atoms with Crippen molar-refractivity contribution in [3.63, 3.8) is 0 Å². The number of nitrogens with zero attached hydrogens (tertiary/aromatic N) is 1. The first-order valence-corrected chi connectivity index (χ1v) is 29.7. The number of rotatable bonds is 14. The molecule has 0 saturated carbocycles. The molecular formula is C67H96B3N3O7. The number of aliphatic hydroxyl groups is 3. The van der Waals surface area contributed by atoms with Crippen molar-refractivity contribution < 1.29 is 33.9 Å². The molecule has 0 amide bonds. The van der Waals surface area contributed by atoms with E-state index in [1.807, 2.05) is 95.2 Å². The SMILES string of the molecule is CB(C)OC(c1ccccc1)(c1ccccc1)[C@@H]1CCCN1.CB(OC(C)C)OC(C)C.CB1OC(c2ccccc2)(c2ccccc2)[C@@H]2CCCN12.CC(C)O.CC(C)O.OC(c1ccccc1)(c1ccccc1)[C@@H]1CCCN1. The van der Waals surface area contributed by atoms with Crippen molar-refractivity contribution in [1.82, 2.24) is 15.4 Å². The second-order valence-electron chi connectivity index (χ2n) is 22.6. The summed E-state index contributed by atoms with van der Waals surface area (Å²) in [5, 5.41) is 34.6. The highest BCUT2D eigenvalue weighted by Crippen LogP contribution is 2.49. The maximum atomic E-state index is 11.4. The van der Waals surface area contributed by atoms with Gasteiger partial charge in [0.1, 0.15) is 16.8 Å². The Morgan fingerprint density at radius 3 is 1.23 bits per heavy atom. The van der Waals surface area contributed by atoms with Crippen molar-refractivity contribution in [1.29, 1.82) is 0 Å². The molecule has 4 saturated heterocycles. The predicted molar refractivity (Wildman–Crippen MR) is 335 cm³/mol. The van der Waals surface area contributed by atoms with Crippen LogP contribution in [0.4, 0.5) is 0 Å². The molecule has 0 bridgehead atoms. The number of aliphatic hydroxyl groups excluding tert-OH is 2. The normalized spacial score (nSPS) is 18.3. The van der Waals surface area contributed by atoms with Crippen molar-refractivity contribution >= 4 is 21.1 Å². The molecule has 4 fully saturated rings. The number of nitrogens with one attached hydrogen (secondary N) is 2. The van der Waals surface area contributed by atoms with Gasteiger partial charge in [-0.05, 0) is 161 Å². The lowest BCUT2D eigenvalue weighted by atomic mass is 9.70. The zero-order chi connectivity index (χ0) is 58.1. The molecular weight excluding hydrogens is 991 g/mol. The largest absolute Gasteiger partial charge is 0.453 e. The third-order valence-corrected chi connectivity index (χ3v) is 14.3. The fourth-order valence-electron chi connectivity index (χ4n) is 11.5. The molecule has 430 valence electrons. The summed E-state index contributed by atoms with van der Waals surface area (Å²) in [6.07, 6.45) is 7.08. The first kappa shape index (κ1) is 65.9. The topological polar surface area (TPSA) is 125 Å². The first-order valence-electron chi connectivity index (χ1n) is 29.7. The smallest absolute Gasteiger partial charge is 0.422 e. The fourth-order valence-corrected chi connectivity index (χ4v) is 11.5. The molecule has 0 spiro atoms. The molecule has 10 nitrogen and oxygen atoms in total. The van der Waals surface area contributed by atoms with Crippen LogP contribution in [-0.2, 0) is 35.4 Å². The Morgan fingerprint density at radius 2 is 0.887 bits per heavy atom. The van der Waals surface area contributed by atoms with E-state index in [1.165, 1.54) is 41.5 Å². The maximum absolute atomic E-state index is 11.4. The molecule has 4 heterocycles. The van der Waals surface area contributed by atoms with Crippen molar-refractivity contribution in [2.45, 2.75) is 181 Å². The van der Waals surface area contributed by atoms with Crippen LogP contribution in [0.3, 0.4) is 0 Å². The minimum absolute atomic E-state index is 0.0808. The highest BCUT2D eigenvalue weighted by Gasteiger charge is 2.56. The van der Waals surface area contributed by atoms with Gasteiger partial charge in [-0.3, -0.25) is 0 Å².